The molecule has 28 heavy (non-hydrogen) atoms. The van der Waals surface area contributed by atoms with Crippen LogP contribution in [0, 0.1) is 12.7 Å². The molecule has 3 aromatic rings. The summed E-state index contributed by atoms with van der Waals surface area (Å²) in [4.78, 5) is 25.8. The van der Waals surface area contributed by atoms with Crippen molar-refractivity contribution in [2.24, 2.45) is 0 Å². The van der Waals surface area contributed by atoms with E-state index < -0.39 is 0 Å². The van der Waals surface area contributed by atoms with Gasteiger partial charge in [0.2, 0.25) is 5.91 Å². The molecular weight excluding hydrogens is 379 g/mol. The second kappa shape index (κ2) is 8.67. The number of aryl methyl sites for hydroxylation is 1. The molecule has 1 aromatic heterocycles. The summed E-state index contributed by atoms with van der Waals surface area (Å²) >= 11 is 1.28. The molecule has 0 atom stereocenters. The summed E-state index contributed by atoms with van der Waals surface area (Å²) in [6.45, 7) is 1.74. The van der Waals surface area contributed by atoms with Gasteiger partial charge in [0.25, 0.3) is 5.91 Å². The molecule has 5 nitrogen and oxygen atoms in total. The number of halogens is 1. The van der Waals surface area contributed by atoms with Crippen molar-refractivity contribution in [3.05, 3.63) is 70.9 Å². The predicted octanol–water partition coefficient (Wildman–Crippen LogP) is 4.24. The lowest BCUT2D eigenvalue weighted by atomic mass is 10.2. The Kier molecular flexibility index (Phi) is 6.06. The maximum Gasteiger partial charge on any atom is 0.261 e. The average Bonchev–Trinajstić information content (AvgIpc) is 3.17. The molecule has 0 aliphatic carbocycles. The van der Waals surface area contributed by atoms with Crippen LogP contribution < -0.4 is 15.4 Å². The maximum atomic E-state index is 13.0. The highest BCUT2D eigenvalue weighted by Gasteiger charge is 2.13. The summed E-state index contributed by atoms with van der Waals surface area (Å²) in [7, 11) is 1.53. The lowest BCUT2D eigenvalue weighted by Crippen LogP contribution is -2.32. The van der Waals surface area contributed by atoms with Crippen LogP contribution in [0.1, 0.15) is 15.2 Å². The number of rotatable bonds is 6. The monoisotopic (exact) mass is 398 g/mol. The molecule has 0 saturated carbocycles. The highest BCUT2D eigenvalue weighted by atomic mass is 32.1. The summed E-state index contributed by atoms with van der Waals surface area (Å²) in [6.07, 6.45) is 0. The van der Waals surface area contributed by atoms with Gasteiger partial charge in [-0.05, 0) is 54.4 Å². The number of ether oxygens (including phenoxy) is 1. The molecule has 0 unspecified atom stereocenters. The van der Waals surface area contributed by atoms with Crippen LogP contribution in [0.5, 0.6) is 5.75 Å². The molecule has 144 valence electrons. The molecule has 3 rings (SSSR count). The number of carbonyl (C=O) groups is 2. The van der Waals surface area contributed by atoms with Gasteiger partial charge in [-0.15, -0.1) is 11.3 Å². The summed E-state index contributed by atoms with van der Waals surface area (Å²) in [5, 5.41) is 5.34. The van der Waals surface area contributed by atoms with Gasteiger partial charge in [0, 0.05) is 4.88 Å². The zero-order chi connectivity index (χ0) is 20.1. The summed E-state index contributed by atoms with van der Waals surface area (Å²) in [5.41, 5.74) is 2.36. The summed E-state index contributed by atoms with van der Waals surface area (Å²) < 4.78 is 18.3. The van der Waals surface area contributed by atoms with E-state index in [2.05, 4.69) is 10.6 Å². The number of benzene rings is 2. The van der Waals surface area contributed by atoms with E-state index >= 15 is 0 Å². The minimum Gasteiger partial charge on any atom is -0.495 e. The molecule has 0 spiro atoms. The van der Waals surface area contributed by atoms with E-state index in [1.807, 2.05) is 13.0 Å². The van der Waals surface area contributed by atoms with Gasteiger partial charge < -0.3 is 15.4 Å². The van der Waals surface area contributed by atoms with Crippen LogP contribution in [0.3, 0.4) is 0 Å². The van der Waals surface area contributed by atoms with Gasteiger partial charge >= 0.3 is 0 Å². The van der Waals surface area contributed by atoms with Gasteiger partial charge in [-0.2, -0.15) is 0 Å². The van der Waals surface area contributed by atoms with E-state index in [9.17, 15) is 14.0 Å². The van der Waals surface area contributed by atoms with Crippen LogP contribution in [-0.2, 0) is 4.79 Å². The zero-order valence-electron chi connectivity index (χ0n) is 15.4. The number of thiophene rings is 1. The third-order valence-corrected chi connectivity index (χ3v) is 5.13. The lowest BCUT2D eigenvalue weighted by Gasteiger charge is -2.11. The van der Waals surface area contributed by atoms with Crippen molar-refractivity contribution in [1.82, 2.24) is 5.32 Å². The van der Waals surface area contributed by atoms with E-state index in [1.165, 1.54) is 30.6 Å². The van der Waals surface area contributed by atoms with E-state index in [-0.39, 0.29) is 24.2 Å². The van der Waals surface area contributed by atoms with Crippen molar-refractivity contribution < 1.29 is 18.7 Å². The largest absolute Gasteiger partial charge is 0.495 e. The number of hydrogen-bond acceptors (Lipinski definition) is 4. The van der Waals surface area contributed by atoms with E-state index in [4.69, 9.17) is 4.74 Å². The van der Waals surface area contributed by atoms with Crippen molar-refractivity contribution in [3.8, 4) is 16.2 Å². The molecule has 0 bridgehead atoms. The Morgan fingerprint density at radius 2 is 1.82 bits per heavy atom. The Hall–Kier alpha value is -3.19. The molecule has 2 N–H and O–H groups in total. The van der Waals surface area contributed by atoms with Gasteiger partial charge in [-0.25, -0.2) is 4.39 Å². The maximum absolute atomic E-state index is 13.0. The fraction of sp³-hybridized carbons (Fsp3) is 0.143. The highest BCUT2D eigenvalue weighted by molar-refractivity contribution is 7.17. The number of anilines is 1. The lowest BCUT2D eigenvalue weighted by molar-refractivity contribution is -0.115. The van der Waals surface area contributed by atoms with E-state index in [0.717, 1.165) is 16.0 Å². The Balaban J connectivity index is 1.59. The molecule has 2 aromatic carbocycles. The SMILES string of the molecule is COc1ccc(C)cc1NC(=O)CNC(=O)c1ccc(-c2ccc(F)cc2)s1. The van der Waals surface area contributed by atoms with Crippen molar-refractivity contribution in [3.63, 3.8) is 0 Å². The first-order chi connectivity index (χ1) is 13.5. The first kappa shape index (κ1) is 19.6. The van der Waals surface area contributed by atoms with Crippen molar-refractivity contribution in [2.75, 3.05) is 19.0 Å². The van der Waals surface area contributed by atoms with Crippen LogP contribution in [0.15, 0.2) is 54.6 Å². The first-order valence-electron chi connectivity index (χ1n) is 8.55. The van der Waals surface area contributed by atoms with Crippen LogP contribution in [0.4, 0.5) is 10.1 Å². The Labute approximate surface area is 166 Å². The normalized spacial score (nSPS) is 10.4. The highest BCUT2D eigenvalue weighted by Crippen LogP contribution is 2.28. The van der Waals surface area contributed by atoms with Crippen LogP contribution in [0.2, 0.25) is 0 Å². The molecule has 0 radical (unpaired) electrons. The van der Waals surface area contributed by atoms with Gasteiger partial charge in [0.15, 0.2) is 0 Å². The average molecular weight is 398 g/mol. The van der Waals surface area contributed by atoms with Gasteiger partial charge in [0.05, 0.1) is 24.2 Å². The molecule has 1 heterocycles. The first-order valence-corrected chi connectivity index (χ1v) is 9.36. The van der Waals surface area contributed by atoms with Gasteiger partial charge in [-0.1, -0.05) is 18.2 Å². The summed E-state index contributed by atoms with van der Waals surface area (Å²) in [5.74, 6) is -0.459. The Morgan fingerprint density at radius 1 is 1.07 bits per heavy atom. The fourth-order valence-corrected chi connectivity index (χ4v) is 3.52. The van der Waals surface area contributed by atoms with Gasteiger partial charge in [-0.3, -0.25) is 9.59 Å². The number of amides is 2. The topological polar surface area (TPSA) is 67.4 Å². The second-order valence-electron chi connectivity index (χ2n) is 6.11. The minimum absolute atomic E-state index is 0.167. The minimum atomic E-state index is -0.354. The molecule has 7 heteroatoms. The van der Waals surface area contributed by atoms with Crippen LogP contribution in [0.25, 0.3) is 10.4 Å². The van der Waals surface area contributed by atoms with Crippen molar-refractivity contribution in [1.29, 1.82) is 0 Å². The molecule has 0 aliphatic heterocycles. The third-order valence-electron chi connectivity index (χ3n) is 4.00. The van der Waals surface area contributed by atoms with E-state index in [0.29, 0.717) is 16.3 Å². The van der Waals surface area contributed by atoms with Crippen molar-refractivity contribution in [2.45, 2.75) is 6.92 Å². The fourth-order valence-electron chi connectivity index (χ4n) is 2.59. The second-order valence-corrected chi connectivity index (χ2v) is 7.19. The third kappa shape index (κ3) is 4.75. The Morgan fingerprint density at radius 3 is 2.54 bits per heavy atom. The molecule has 0 aliphatic rings. The summed E-state index contributed by atoms with van der Waals surface area (Å²) in [6, 6.07) is 15.0. The van der Waals surface area contributed by atoms with Crippen LogP contribution in [-0.4, -0.2) is 25.5 Å². The van der Waals surface area contributed by atoms with Crippen molar-refractivity contribution >= 4 is 28.8 Å². The number of nitrogens with one attached hydrogen (secondary N) is 2. The molecule has 0 fully saturated rings. The molecule has 2 amide bonds. The zero-order valence-corrected chi connectivity index (χ0v) is 16.2. The van der Waals surface area contributed by atoms with Crippen LogP contribution >= 0.6 is 11.3 Å². The smallest absolute Gasteiger partial charge is 0.261 e. The number of hydrogen-bond donors (Lipinski definition) is 2. The number of carbonyl (C=O) groups excluding carboxylic acids is 2. The Bertz CT molecular complexity index is 999. The van der Waals surface area contributed by atoms with E-state index in [1.54, 1.807) is 36.4 Å². The van der Waals surface area contributed by atoms with Gasteiger partial charge in [0.1, 0.15) is 11.6 Å². The standard InChI is InChI=1S/C21H19FN2O3S/c1-13-3-8-17(27-2)16(11-13)24-20(25)12-23-21(26)19-10-9-18(28-19)14-4-6-15(22)7-5-14/h3-11H,12H2,1-2H3,(H,23,26)(H,24,25). The molecule has 0 saturated heterocycles. The number of methoxy groups -OCH3 is 1. The quantitative estimate of drug-likeness (QED) is 0.653. The predicted molar refractivity (Wildman–Crippen MR) is 108 cm³/mol. The molecular formula is C21H19FN2O3S.